The molecule has 20 heavy (non-hydrogen) atoms. The van der Waals surface area contributed by atoms with E-state index in [0.717, 1.165) is 16.3 Å². The number of nitrogens with zero attached hydrogens (tertiary/aromatic N) is 2. The molecule has 5 heteroatoms. The Bertz CT molecular complexity index is 798. The molecule has 0 atom stereocenters. The molecule has 5 nitrogen and oxygen atoms in total. The standard InChI is InChI=1S/C15H10N2O3/c18-12-4-3-9-7-11(2-1-10(9)8-12)13-5-6-14(15(19)20)17-16-13/h1-8,18H,(H,19,20). The number of carboxylic acids is 1. The summed E-state index contributed by atoms with van der Waals surface area (Å²) < 4.78 is 0. The Labute approximate surface area is 114 Å². The van der Waals surface area contributed by atoms with E-state index in [1.165, 1.54) is 6.07 Å². The van der Waals surface area contributed by atoms with Crippen molar-refractivity contribution >= 4 is 16.7 Å². The van der Waals surface area contributed by atoms with Crippen molar-refractivity contribution < 1.29 is 15.0 Å². The number of benzene rings is 2. The molecule has 0 spiro atoms. The Hall–Kier alpha value is -2.95. The Kier molecular flexibility index (Phi) is 2.80. The van der Waals surface area contributed by atoms with Gasteiger partial charge in [0.05, 0.1) is 5.69 Å². The number of rotatable bonds is 2. The number of aromatic nitrogens is 2. The maximum Gasteiger partial charge on any atom is 0.356 e. The summed E-state index contributed by atoms with van der Waals surface area (Å²) in [5, 5.41) is 27.7. The van der Waals surface area contributed by atoms with Crippen molar-refractivity contribution in [1.29, 1.82) is 0 Å². The van der Waals surface area contributed by atoms with Gasteiger partial charge in [-0.3, -0.25) is 0 Å². The Morgan fingerprint density at radius 3 is 2.35 bits per heavy atom. The summed E-state index contributed by atoms with van der Waals surface area (Å²) >= 11 is 0. The van der Waals surface area contributed by atoms with Gasteiger partial charge in [-0.2, -0.15) is 0 Å². The molecule has 1 aromatic heterocycles. The lowest BCUT2D eigenvalue weighted by Crippen LogP contribution is -2.01. The predicted octanol–water partition coefficient (Wildman–Crippen LogP) is 2.70. The van der Waals surface area contributed by atoms with E-state index in [9.17, 15) is 9.90 Å². The lowest BCUT2D eigenvalue weighted by molar-refractivity contribution is 0.0689. The highest BCUT2D eigenvalue weighted by Crippen LogP contribution is 2.25. The van der Waals surface area contributed by atoms with E-state index in [4.69, 9.17) is 5.11 Å². The summed E-state index contributed by atoms with van der Waals surface area (Å²) in [6, 6.07) is 13.8. The maximum atomic E-state index is 10.7. The van der Waals surface area contributed by atoms with Crippen molar-refractivity contribution in [1.82, 2.24) is 10.2 Å². The molecule has 0 saturated carbocycles. The van der Waals surface area contributed by atoms with E-state index < -0.39 is 5.97 Å². The van der Waals surface area contributed by atoms with Crippen molar-refractivity contribution in [3.63, 3.8) is 0 Å². The Balaban J connectivity index is 2.05. The van der Waals surface area contributed by atoms with Gasteiger partial charge in [-0.05, 0) is 41.1 Å². The van der Waals surface area contributed by atoms with Gasteiger partial charge in [-0.15, -0.1) is 10.2 Å². The van der Waals surface area contributed by atoms with Crippen LogP contribution in [0.1, 0.15) is 10.5 Å². The zero-order chi connectivity index (χ0) is 14.1. The highest BCUT2D eigenvalue weighted by molar-refractivity contribution is 5.88. The molecule has 98 valence electrons. The zero-order valence-electron chi connectivity index (χ0n) is 10.3. The SMILES string of the molecule is O=C(O)c1ccc(-c2ccc3cc(O)ccc3c2)nn1. The minimum absolute atomic E-state index is 0.0838. The third-order valence-corrected chi connectivity index (χ3v) is 3.00. The summed E-state index contributed by atoms with van der Waals surface area (Å²) in [7, 11) is 0. The molecule has 0 aliphatic rings. The van der Waals surface area contributed by atoms with Gasteiger partial charge in [-0.25, -0.2) is 4.79 Å². The molecule has 0 fully saturated rings. The molecule has 3 rings (SSSR count). The monoisotopic (exact) mass is 266 g/mol. The van der Waals surface area contributed by atoms with Gasteiger partial charge in [0.1, 0.15) is 5.75 Å². The first-order valence-electron chi connectivity index (χ1n) is 5.94. The third kappa shape index (κ3) is 2.16. The summed E-state index contributed by atoms with van der Waals surface area (Å²) in [6.45, 7) is 0. The van der Waals surface area contributed by atoms with Gasteiger partial charge in [0, 0.05) is 5.56 Å². The van der Waals surface area contributed by atoms with Gasteiger partial charge in [0.2, 0.25) is 0 Å². The van der Waals surface area contributed by atoms with Crippen molar-refractivity contribution in [2.45, 2.75) is 0 Å². The highest BCUT2D eigenvalue weighted by atomic mass is 16.4. The maximum absolute atomic E-state index is 10.7. The summed E-state index contributed by atoms with van der Waals surface area (Å²) in [6.07, 6.45) is 0. The van der Waals surface area contributed by atoms with Gasteiger partial charge in [-0.1, -0.05) is 18.2 Å². The van der Waals surface area contributed by atoms with Gasteiger partial charge in [0.25, 0.3) is 0 Å². The fourth-order valence-electron chi connectivity index (χ4n) is 1.99. The minimum Gasteiger partial charge on any atom is -0.508 e. The molecule has 0 bridgehead atoms. The topological polar surface area (TPSA) is 83.3 Å². The van der Waals surface area contributed by atoms with Crippen LogP contribution >= 0.6 is 0 Å². The van der Waals surface area contributed by atoms with Crippen molar-refractivity contribution in [3.05, 3.63) is 54.2 Å². The van der Waals surface area contributed by atoms with E-state index in [1.807, 2.05) is 24.3 Å². The quantitative estimate of drug-likeness (QED) is 0.745. The number of phenols is 1. The number of carboxylic acid groups (broad SMARTS) is 1. The molecule has 0 radical (unpaired) electrons. The molecule has 0 amide bonds. The second-order valence-corrected chi connectivity index (χ2v) is 4.36. The van der Waals surface area contributed by atoms with Crippen LogP contribution in [0.4, 0.5) is 0 Å². The van der Waals surface area contributed by atoms with Crippen LogP contribution in [0, 0.1) is 0 Å². The lowest BCUT2D eigenvalue weighted by atomic mass is 10.0. The van der Waals surface area contributed by atoms with Crippen LogP contribution in [0.5, 0.6) is 5.75 Å². The minimum atomic E-state index is -1.10. The van der Waals surface area contributed by atoms with Crippen molar-refractivity contribution in [2.24, 2.45) is 0 Å². The molecule has 2 aromatic carbocycles. The Morgan fingerprint density at radius 2 is 1.65 bits per heavy atom. The second kappa shape index (κ2) is 4.62. The number of hydrogen-bond donors (Lipinski definition) is 2. The average molecular weight is 266 g/mol. The molecule has 1 heterocycles. The largest absolute Gasteiger partial charge is 0.508 e. The molecule has 0 aliphatic carbocycles. The van der Waals surface area contributed by atoms with Crippen molar-refractivity contribution in [2.75, 3.05) is 0 Å². The number of phenolic OH excluding ortho intramolecular Hbond substituents is 1. The van der Waals surface area contributed by atoms with Crippen LogP contribution < -0.4 is 0 Å². The number of aromatic carboxylic acids is 1. The summed E-state index contributed by atoms with van der Waals surface area (Å²) in [5.74, 6) is -0.881. The first kappa shape index (κ1) is 12.1. The first-order chi connectivity index (χ1) is 9.63. The highest BCUT2D eigenvalue weighted by Gasteiger charge is 2.07. The van der Waals surface area contributed by atoms with E-state index in [0.29, 0.717) is 5.69 Å². The predicted molar refractivity (Wildman–Crippen MR) is 73.6 cm³/mol. The molecule has 0 saturated heterocycles. The zero-order valence-corrected chi connectivity index (χ0v) is 10.3. The van der Waals surface area contributed by atoms with Crippen LogP contribution in [0.3, 0.4) is 0 Å². The van der Waals surface area contributed by atoms with Gasteiger partial charge < -0.3 is 10.2 Å². The summed E-state index contributed by atoms with van der Waals surface area (Å²) in [5.41, 5.74) is 1.36. The fourth-order valence-corrected chi connectivity index (χ4v) is 1.99. The van der Waals surface area contributed by atoms with E-state index in [-0.39, 0.29) is 11.4 Å². The molecule has 2 N–H and O–H groups in total. The van der Waals surface area contributed by atoms with Crippen LogP contribution in [-0.4, -0.2) is 26.4 Å². The van der Waals surface area contributed by atoms with E-state index >= 15 is 0 Å². The van der Waals surface area contributed by atoms with Crippen molar-refractivity contribution in [3.8, 4) is 17.0 Å². The van der Waals surface area contributed by atoms with Gasteiger partial charge >= 0.3 is 5.97 Å². The molecule has 0 aliphatic heterocycles. The van der Waals surface area contributed by atoms with Crippen LogP contribution in [-0.2, 0) is 0 Å². The van der Waals surface area contributed by atoms with E-state index in [2.05, 4.69) is 10.2 Å². The second-order valence-electron chi connectivity index (χ2n) is 4.36. The number of aromatic hydroxyl groups is 1. The third-order valence-electron chi connectivity index (χ3n) is 3.00. The van der Waals surface area contributed by atoms with Crippen LogP contribution in [0.2, 0.25) is 0 Å². The summed E-state index contributed by atoms with van der Waals surface area (Å²) in [4.78, 5) is 10.7. The number of hydrogen-bond acceptors (Lipinski definition) is 4. The fraction of sp³-hybridized carbons (Fsp3) is 0. The van der Waals surface area contributed by atoms with Crippen LogP contribution in [0.15, 0.2) is 48.5 Å². The lowest BCUT2D eigenvalue weighted by Gasteiger charge is -2.03. The molecular weight excluding hydrogens is 256 g/mol. The van der Waals surface area contributed by atoms with Crippen LogP contribution in [0.25, 0.3) is 22.0 Å². The average Bonchev–Trinajstić information content (AvgIpc) is 2.47. The number of carbonyl (C=O) groups is 1. The smallest absolute Gasteiger partial charge is 0.356 e. The molecule has 3 aromatic rings. The van der Waals surface area contributed by atoms with Gasteiger partial charge in [0.15, 0.2) is 5.69 Å². The molecule has 0 unspecified atom stereocenters. The first-order valence-corrected chi connectivity index (χ1v) is 5.94. The number of fused-ring (bicyclic) bond motifs is 1. The molecular formula is C15H10N2O3. The normalized spacial score (nSPS) is 10.6. The Morgan fingerprint density at radius 1 is 0.900 bits per heavy atom. The van der Waals surface area contributed by atoms with E-state index in [1.54, 1.807) is 18.2 Å².